The molecule has 0 aliphatic rings. The number of nitrogens with zero attached hydrogens (tertiary/aromatic N) is 1. The average molecular weight is 284 g/mol. The monoisotopic (exact) mass is 283 g/mol. The number of hydrogen-bond acceptors (Lipinski definition) is 4. The number of carbonyl (C=O) groups excluding carboxylic acids is 1. The lowest BCUT2D eigenvalue weighted by molar-refractivity contribution is -0.120. The van der Waals surface area contributed by atoms with Crippen LogP contribution in [0, 0.1) is 6.92 Å². The summed E-state index contributed by atoms with van der Waals surface area (Å²) in [5.74, 6) is 0.633. The van der Waals surface area contributed by atoms with Crippen LogP contribution >= 0.6 is 12.4 Å². The third-order valence-corrected chi connectivity index (χ3v) is 2.66. The van der Waals surface area contributed by atoms with E-state index < -0.39 is 0 Å². The molecule has 104 valence electrons. The fraction of sp³-hybridized carbons (Fsp3) is 0.385. The van der Waals surface area contributed by atoms with Crippen LogP contribution in [0.4, 0.5) is 0 Å². The van der Waals surface area contributed by atoms with Crippen LogP contribution in [0.1, 0.15) is 11.5 Å². The first-order valence-electron chi connectivity index (χ1n) is 5.97. The van der Waals surface area contributed by atoms with Crippen molar-refractivity contribution in [2.45, 2.75) is 13.3 Å². The van der Waals surface area contributed by atoms with Crippen molar-refractivity contribution in [2.24, 2.45) is 0 Å². The van der Waals surface area contributed by atoms with E-state index in [2.05, 4.69) is 15.6 Å². The molecule has 19 heavy (non-hydrogen) atoms. The van der Waals surface area contributed by atoms with Crippen molar-refractivity contribution in [3.63, 3.8) is 0 Å². The van der Waals surface area contributed by atoms with E-state index in [0.29, 0.717) is 25.4 Å². The van der Waals surface area contributed by atoms with E-state index in [9.17, 15) is 4.79 Å². The lowest BCUT2D eigenvalue weighted by Crippen LogP contribution is -2.33. The number of nitrogens with one attached hydrogen (secondary N) is 2. The Labute approximate surface area is 118 Å². The van der Waals surface area contributed by atoms with E-state index in [-0.39, 0.29) is 18.3 Å². The zero-order valence-electron chi connectivity index (χ0n) is 11.0. The number of hydrogen-bond donors (Lipinski definition) is 2. The summed E-state index contributed by atoms with van der Waals surface area (Å²) in [6.45, 7) is 2.86. The number of likely N-dealkylation sites (N-methyl/N-ethyl adjacent to an activating group) is 1. The molecule has 2 rings (SSSR count). The second kappa shape index (κ2) is 7.11. The summed E-state index contributed by atoms with van der Waals surface area (Å²) in [5.41, 5.74) is 2.79. The van der Waals surface area contributed by atoms with Gasteiger partial charge in [-0.1, -0.05) is 12.1 Å². The number of para-hydroxylation sites is 1. The highest BCUT2D eigenvalue weighted by Crippen LogP contribution is 2.18. The van der Waals surface area contributed by atoms with Crippen molar-refractivity contribution in [1.82, 2.24) is 15.6 Å². The molecule has 1 amide bonds. The maximum absolute atomic E-state index is 11.2. The van der Waals surface area contributed by atoms with E-state index in [1.165, 1.54) is 0 Å². The quantitative estimate of drug-likeness (QED) is 0.871. The molecule has 5 nitrogen and oxygen atoms in total. The van der Waals surface area contributed by atoms with E-state index in [1.54, 1.807) is 7.05 Å². The first kappa shape index (κ1) is 15.5. The van der Waals surface area contributed by atoms with Crippen molar-refractivity contribution in [3.05, 3.63) is 29.7 Å². The number of rotatable bonds is 5. The number of aromatic nitrogens is 1. The minimum Gasteiger partial charge on any atom is -0.441 e. The van der Waals surface area contributed by atoms with Crippen LogP contribution in [0.25, 0.3) is 11.1 Å². The predicted molar refractivity (Wildman–Crippen MR) is 76.6 cm³/mol. The highest BCUT2D eigenvalue weighted by atomic mass is 35.5. The van der Waals surface area contributed by atoms with Crippen molar-refractivity contribution in [2.75, 3.05) is 20.1 Å². The maximum Gasteiger partial charge on any atom is 0.233 e. The average Bonchev–Trinajstić information content (AvgIpc) is 2.74. The zero-order valence-corrected chi connectivity index (χ0v) is 11.8. The third kappa shape index (κ3) is 3.94. The van der Waals surface area contributed by atoms with E-state index in [1.807, 2.05) is 25.1 Å². The molecule has 1 aromatic carbocycles. The highest BCUT2D eigenvalue weighted by Gasteiger charge is 2.07. The second-order valence-corrected chi connectivity index (χ2v) is 4.16. The molecule has 6 heteroatoms. The van der Waals surface area contributed by atoms with Gasteiger partial charge in [-0.05, 0) is 25.6 Å². The van der Waals surface area contributed by atoms with E-state index in [0.717, 1.165) is 16.7 Å². The summed E-state index contributed by atoms with van der Waals surface area (Å²) >= 11 is 0. The van der Waals surface area contributed by atoms with Gasteiger partial charge in [0.25, 0.3) is 0 Å². The van der Waals surface area contributed by atoms with Gasteiger partial charge in [0, 0.05) is 13.0 Å². The van der Waals surface area contributed by atoms with Crippen LogP contribution < -0.4 is 10.6 Å². The molecule has 0 fully saturated rings. The van der Waals surface area contributed by atoms with Crippen LogP contribution in [0.2, 0.25) is 0 Å². The topological polar surface area (TPSA) is 67.2 Å². The zero-order chi connectivity index (χ0) is 13.0. The third-order valence-electron chi connectivity index (χ3n) is 2.66. The Morgan fingerprint density at radius 2 is 2.21 bits per heavy atom. The standard InChI is InChI=1S/C13H17N3O2.ClH/c1-9-4-3-5-10-13(9)16-12(18-10)6-7-15-11(17)8-14-2;/h3-5,14H,6-8H2,1-2H3,(H,15,17);1H. The fourth-order valence-corrected chi connectivity index (χ4v) is 1.77. The number of halogens is 1. The van der Waals surface area contributed by atoms with Crippen molar-refractivity contribution < 1.29 is 9.21 Å². The van der Waals surface area contributed by atoms with Gasteiger partial charge >= 0.3 is 0 Å². The summed E-state index contributed by atoms with van der Waals surface area (Å²) in [5, 5.41) is 5.58. The molecule has 0 atom stereocenters. The Hall–Kier alpha value is -1.59. The molecule has 0 bridgehead atoms. The smallest absolute Gasteiger partial charge is 0.233 e. The summed E-state index contributed by atoms with van der Waals surface area (Å²) < 4.78 is 5.61. The largest absolute Gasteiger partial charge is 0.441 e. The molecule has 0 spiro atoms. The van der Waals surface area contributed by atoms with Crippen molar-refractivity contribution >= 4 is 29.4 Å². The molecule has 0 saturated carbocycles. The molecule has 0 aliphatic carbocycles. The number of oxazole rings is 1. The van der Waals surface area contributed by atoms with Gasteiger partial charge in [0.15, 0.2) is 11.5 Å². The minimum absolute atomic E-state index is 0. The first-order valence-corrected chi connectivity index (χ1v) is 5.97. The molecule has 0 aliphatic heterocycles. The van der Waals surface area contributed by atoms with Crippen LogP contribution in [0.3, 0.4) is 0 Å². The molecule has 0 unspecified atom stereocenters. The summed E-state index contributed by atoms with van der Waals surface area (Å²) in [6.07, 6.45) is 0.601. The Morgan fingerprint density at radius 3 is 2.89 bits per heavy atom. The van der Waals surface area contributed by atoms with Gasteiger partial charge < -0.3 is 15.1 Å². The van der Waals surface area contributed by atoms with E-state index in [4.69, 9.17) is 4.42 Å². The van der Waals surface area contributed by atoms with Gasteiger partial charge in [-0.25, -0.2) is 4.98 Å². The summed E-state index contributed by atoms with van der Waals surface area (Å²) in [4.78, 5) is 15.7. The SMILES string of the molecule is CNCC(=O)NCCc1nc2c(C)cccc2o1.Cl. The number of aryl methyl sites for hydroxylation is 1. The molecule has 1 heterocycles. The number of amides is 1. The van der Waals surface area contributed by atoms with Gasteiger partial charge in [-0.3, -0.25) is 4.79 Å². The van der Waals surface area contributed by atoms with Crippen LogP contribution in [-0.4, -0.2) is 31.0 Å². The normalized spacial score (nSPS) is 10.2. The fourth-order valence-electron chi connectivity index (χ4n) is 1.77. The van der Waals surface area contributed by atoms with Crippen molar-refractivity contribution in [3.8, 4) is 0 Å². The molecule has 0 saturated heterocycles. The van der Waals surface area contributed by atoms with Crippen LogP contribution in [-0.2, 0) is 11.2 Å². The van der Waals surface area contributed by atoms with Gasteiger partial charge in [0.1, 0.15) is 5.52 Å². The van der Waals surface area contributed by atoms with Gasteiger partial charge in [-0.2, -0.15) is 0 Å². The summed E-state index contributed by atoms with van der Waals surface area (Å²) in [6, 6.07) is 5.85. The Bertz CT molecular complexity index is 554. The molecule has 2 aromatic rings. The molecular weight excluding hydrogens is 266 g/mol. The predicted octanol–water partition coefficient (Wildman–Crippen LogP) is 1.44. The number of fused-ring (bicyclic) bond motifs is 1. The van der Waals surface area contributed by atoms with Crippen molar-refractivity contribution in [1.29, 1.82) is 0 Å². The first-order chi connectivity index (χ1) is 8.70. The minimum atomic E-state index is -0.0233. The Balaban J connectivity index is 0.00000180. The van der Waals surface area contributed by atoms with E-state index >= 15 is 0 Å². The number of carbonyl (C=O) groups is 1. The Morgan fingerprint density at radius 1 is 1.42 bits per heavy atom. The Kier molecular flexibility index (Phi) is 5.79. The number of benzene rings is 1. The van der Waals surface area contributed by atoms with Gasteiger partial charge in [0.05, 0.1) is 6.54 Å². The molecule has 1 aromatic heterocycles. The molecule has 0 radical (unpaired) electrons. The van der Waals surface area contributed by atoms with Gasteiger partial charge in [-0.15, -0.1) is 12.4 Å². The van der Waals surface area contributed by atoms with Crippen LogP contribution in [0.5, 0.6) is 0 Å². The molecular formula is C13H18ClN3O2. The second-order valence-electron chi connectivity index (χ2n) is 4.16. The van der Waals surface area contributed by atoms with Crippen LogP contribution in [0.15, 0.2) is 22.6 Å². The summed E-state index contributed by atoms with van der Waals surface area (Å²) in [7, 11) is 1.74. The lowest BCUT2D eigenvalue weighted by atomic mass is 10.2. The molecule has 2 N–H and O–H groups in total. The highest BCUT2D eigenvalue weighted by molar-refractivity contribution is 5.85. The lowest BCUT2D eigenvalue weighted by Gasteiger charge is -2.01. The van der Waals surface area contributed by atoms with Gasteiger partial charge in [0.2, 0.25) is 5.91 Å². The maximum atomic E-state index is 11.2.